The zero-order valence-corrected chi connectivity index (χ0v) is 11.7. The molecular formula is C14H8Cl2N4. The molecule has 0 atom stereocenters. The van der Waals surface area contributed by atoms with Crippen molar-refractivity contribution in [2.45, 2.75) is 5.88 Å². The van der Waals surface area contributed by atoms with Crippen molar-refractivity contribution in [1.82, 2.24) is 14.5 Å². The van der Waals surface area contributed by atoms with Gasteiger partial charge in [0, 0.05) is 11.2 Å². The van der Waals surface area contributed by atoms with Gasteiger partial charge in [0.25, 0.3) is 0 Å². The van der Waals surface area contributed by atoms with Gasteiger partial charge in [-0.2, -0.15) is 5.26 Å². The second kappa shape index (κ2) is 5.12. The van der Waals surface area contributed by atoms with Gasteiger partial charge >= 0.3 is 0 Å². The van der Waals surface area contributed by atoms with E-state index < -0.39 is 0 Å². The first-order chi connectivity index (χ1) is 9.74. The van der Waals surface area contributed by atoms with E-state index in [1.807, 2.05) is 6.07 Å². The smallest absolute Gasteiger partial charge is 0.164 e. The number of nitrogens with zero attached hydrogens (tertiary/aromatic N) is 4. The second-order valence-electron chi connectivity index (χ2n) is 4.12. The number of pyridine rings is 1. The lowest BCUT2D eigenvalue weighted by molar-refractivity contribution is 0.966. The quantitative estimate of drug-likeness (QED) is 0.678. The maximum atomic E-state index is 9.26. The summed E-state index contributed by atoms with van der Waals surface area (Å²) in [7, 11) is 0. The summed E-state index contributed by atoms with van der Waals surface area (Å²) in [5.41, 5.74) is 2.51. The van der Waals surface area contributed by atoms with E-state index in [0.29, 0.717) is 27.7 Å². The first-order valence-electron chi connectivity index (χ1n) is 5.83. The first-order valence-corrected chi connectivity index (χ1v) is 6.74. The summed E-state index contributed by atoms with van der Waals surface area (Å²) in [4.78, 5) is 8.75. The lowest BCUT2D eigenvalue weighted by atomic mass is 10.2. The van der Waals surface area contributed by atoms with Crippen LogP contribution in [0.5, 0.6) is 0 Å². The Morgan fingerprint density at radius 2 is 2.15 bits per heavy atom. The fraction of sp³-hybridized carbons (Fsp3) is 0.0714. The van der Waals surface area contributed by atoms with E-state index in [2.05, 4.69) is 16.0 Å². The van der Waals surface area contributed by atoms with Crippen LogP contribution in [0.4, 0.5) is 0 Å². The summed E-state index contributed by atoms with van der Waals surface area (Å²) < 4.78 is 1.77. The number of alkyl halides is 1. The Labute approximate surface area is 125 Å². The molecule has 0 unspecified atom stereocenters. The van der Waals surface area contributed by atoms with E-state index >= 15 is 0 Å². The van der Waals surface area contributed by atoms with Crippen molar-refractivity contribution in [2.75, 3.05) is 0 Å². The van der Waals surface area contributed by atoms with Gasteiger partial charge < -0.3 is 0 Å². The highest BCUT2D eigenvalue weighted by molar-refractivity contribution is 6.30. The van der Waals surface area contributed by atoms with Gasteiger partial charge in [0.2, 0.25) is 0 Å². The topological polar surface area (TPSA) is 54.5 Å². The van der Waals surface area contributed by atoms with Gasteiger partial charge in [0.05, 0.1) is 17.1 Å². The van der Waals surface area contributed by atoms with Crippen molar-refractivity contribution in [3.05, 3.63) is 52.9 Å². The Balaban J connectivity index is 2.40. The summed E-state index contributed by atoms with van der Waals surface area (Å²) in [6.45, 7) is 0. The monoisotopic (exact) mass is 302 g/mol. The van der Waals surface area contributed by atoms with Crippen LogP contribution in [-0.4, -0.2) is 14.5 Å². The molecule has 98 valence electrons. The van der Waals surface area contributed by atoms with Crippen LogP contribution in [0.25, 0.3) is 16.9 Å². The molecule has 0 fully saturated rings. The molecule has 0 spiro atoms. The molecular weight excluding hydrogens is 295 g/mol. The summed E-state index contributed by atoms with van der Waals surface area (Å²) in [5, 5.41) is 9.80. The lowest BCUT2D eigenvalue weighted by Gasteiger charge is -2.09. The van der Waals surface area contributed by atoms with Gasteiger partial charge in [0.15, 0.2) is 5.65 Å². The fourth-order valence-corrected chi connectivity index (χ4v) is 2.43. The molecule has 0 aliphatic heterocycles. The van der Waals surface area contributed by atoms with Crippen LogP contribution in [0, 0.1) is 11.3 Å². The molecule has 0 aliphatic carbocycles. The number of hydrogen-bond donors (Lipinski definition) is 0. The van der Waals surface area contributed by atoms with Gasteiger partial charge in [-0.05, 0) is 30.3 Å². The van der Waals surface area contributed by atoms with Gasteiger partial charge in [-0.3, -0.25) is 4.57 Å². The number of hydrogen-bond acceptors (Lipinski definition) is 3. The third kappa shape index (κ3) is 2.01. The molecule has 0 radical (unpaired) electrons. The molecule has 3 rings (SSSR count). The third-order valence-corrected chi connectivity index (χ3v) is 3.40. The van der Waals surface area contributed by atoms with Crippen molar-refractivity contribution < 1.29 is 0 Å². The number of aromatic nitrogens is 3. The molecule has 20 heavy (non-hydrogen) atoms. The molecule has 2 heterocycles. The maximum Gasteiger partial charge on any atom is 0.164 e. The van der Waals surface area contributed by atoms with Gasteiger partial charge in [-0.1, -0.05) is 11.6 Å². The molecule has 6 heteroatoms. The van der Waals surface area contributed by atoms with Crippen molar-refractivity contribution in [2.24, 2.45) is 0 Å². The molecule has 0 saturated heterocycles. The Hall–Kier alpha value is -2.09. The highest BCUT2D eigenvalue weighted by Crippen LogP contribution is 2.25. The van der Waals surface area contributed by atoms with Crippen LogP contribution in [-0.2, 0) is 5.88 Å². The minimum Gasteiger partial charge on any atom is -0.278 e. The van der Waals surface area contributed by atoms with Crippen molar-refractivity contribution in [3.8, 4) is 11.8 Å². The predicted octanol–water partition coefficient (Wildman–Crippen LogP) is 3.68. The van der Waals surface area contributed by atoms with Crippen LogP contribution < -0.4 is 0 Å². The summed E-state index contributed by atoms with van der Waals surface area (Å²) in [6, 6.07) is 10.9. The van der Waals surface area contributed by atoms with E-state index in [9.17, 15) is 5.26 Å². The minimum absolute atomic E-state index is 0.216. The highest BCUT2D eigenvalue weighted by Gasteiger charge is 2.15. The third-order valence-electron chi connectivity index (χ3n) is 2.93. The SMILES string of the molecule is N#Cc1ccc(Cl)cc1-n1c(CCl)nc2cccnc21. The number of benzene rings is 1. The zero-order chi connectivity index (χ0) is 14.1. The molecule has 1 aromatic carbocycles. The van der Waals surface area contributed by atoms with Gasteiger partial charge in [-0.15, -0.1) is 11.6 Å². The Morgan fingerprint density at radius 3 is 2.90 bits per heavy atom. The van der Waals surface area contributed by atoms with Crippen molar-refractivity contribution in [1.29, 1.82) is 5.26 Å². The Bertz CT molecular complexity index is 833. The molecule has 0 amide bonds. The van der Waals surface area contributed by atoms with Crippen LogP contribution in [0.3, 0.4) is 0 Å². The molecule has 2 aromatic heterocycles. The molecule has 0 N–H and O–H groups in total. The number of halogens is 2. The molecule has 3 aromatic rings. The van der Waals surface area contributed by atoms with E-state index in [1.54, 1.807) is 35.0 Å². The molecule has 0 aliphatic rings. The van der Waals surface area contributed by atoms with Crippen LogP contribution >= 0.6 is 23.2 Å². The largest absolute Gasteiger partial charge is 0.278 e. The Morgan fingerprint density at radius 1 is 1.30 bits per heavy atom. The Kier molecular flexibility index (Phi) is 3.31. The first kappa shape index (κ1) is 12.9. The lowest BCUT2D eigenvalue weighted by Crippen LogP contribution is -2.02. The predicted molar refractivity (Wildman–Crippen MR) is 78.1 cm³/mol. The fourth-order valence-electron chi connectivity index (χ4n) is 2.09. The number of nitriles is 1. The standard InChI is InChI=1S/C14H8Cl2N4/c15-7-13-19-11-2-1-5-18-14(11)20(13)12-6-10(16)4-3-9(12)8-17/h1-6H,7H2. The molecule has 0 bridgehead atoms. The average molecular weight is 303 g/mol. The number of fused-ring (bicyclic) bond motifs is 1. The van der Waals surface area contributed by atoms with Crippen molar-refractivity contribution in [3.63, 3.8) is 0 Å². The van der Waals surface area contributed by atoms with E-state index in [0.717, 1.165) is 5.52 Å². The minimum atomic E-state index is 0.216. The summed E-state index contributed by atoms with van der Waals surface area (Å²) >= 11 is 12.0. The highest BCUT2D eigenvalue weighted by atomic mass is 35.5. The molecule has 0 saturated carbocycles. The summed E-state index contributed by atoms with van der Waals surface area (Å²) in [6.07, 6.45) is 1.68. The normalized spacial score (nSPS) is 10.7. The zero-order valence-electron chi connectivity index (χ0n) is 10.2. The van der Waals surface area contributed by atoms with Gasteiger partial charge in [-0.25, -0.2) is 9.97 Å². The molecule has 4 nitrogen and oxygen atoms in total. The number of imidazole rings is 1. The van der Waals surface area contributed by atoms with Crippen LogP contribution in [0.2, 0.25) is 5.02 Å². The van der Waals surface area contributed by atoms with E-state index in [4.69, 9.17) is 23.2 Å². The average Bonchev–Trinajstić information content (AvgIpc) is 2.85. The van der Waals surface area contributed by atoms with E-state index in [1.165, 1.54) is 0 Å². The maximum absolute atomic E-state index is 9.26. The second-order valence-corrected chi connectivity index (χ2v) is 4.82. The van der Waals surface area contributed by atoms with Crippen molar-refractivity contribution >= 4 is 34.4 Å². The van der Waals surface area contributed by atoms with Crippen LogP contribution in [0.15, 0.2) is 36.5 Å². The summed E-state index contributed by atoms with van der Waals surface area (Å²) in [5.74, 6) is 0.840. The van der Waals surface area contributed by atoms with Crippen LogP contribution in [0.1, 0.15) is 11.4 Å². The van der Waals surface area contributed by atoms with E-state index in [-0.39, 0.29) is 5.88 Å². The number of rotatable bonds is 2. The van der Waals surface area contributed by atoms with Gasteiger partial charge in [0.1, 0.15) is 17.4 Å².